The summed E-state index contributed by atoms with van der Waals surface area (Å²) in [4.78, 5) is 0.190. The second kappa shape index (κ2) is 5.82. The molecule has 1 aliphatic rings. The van der Waals surface area contributed by atoms with E-state index < -0.39 is 15.6 Å². The van der Waals surface area contributed by atoms with Gasteiger partial charge in [0.2, 0.25) is 10.0 Å². The van der Waals surface area contributed by atoms with Gasteiger partial charge in [0.05, 0.1) is 28.4 Å². The number of nitrogens with two attached hydrogens (primary N) is 1. The first-order valence-corrected chi connectivity index (χ1v) is 8.46. The standard InChI is InChI=1S/C14H23N3O3S/c1-17(2)21(19,20)11-5-6-12(15)13(9-11)16-14(10-18)7-3-4-8-14/h5-6,9,16,18H,3-4,7-8,10,15H2,1-2H3. The third kappa shape index (κ3) is 3.14. The molecule has 6 nitrogen and oxygen atoms in total. The summed E-state index contributed by atoms with van der Waals surface area (Å²) >= 11 is 0. The number of nitrogens with zero attached hydrogens (tertiary/aromatic N) is 1. The van der Waals surface area contributed by atoms with E-state index in [1.54, 1.807) is 12.1 Å². The van der Waals surface area contributed by atoms with Crippen molar-refractivity contribution in [2.24, 2.45) is 0 Å². The van der Waals surface area contributed by atoms with E-state index in [0.29, 0.717) is 11.4 Å². The third-order valence-electron chi connectivity index (χ3n) is 4.07. The molecule has 21 heavy (non-hydrogen) atoms. The fourth-order valence-corrected chi connectivity index (χ4v) is 3.60. The smallest absolute Gasteiger partial charge is 0.242 e. The third-order valence-corrected chi connectivity index (χ3v) is 5.88. The Balaban J connectivity index is 2.36. The van der Waals surface area contributed by atoms with Gasteiger partial charge in [-0.2, -0.15) is 0 Å². The van der Waals surface area contributed by atoms with Gasteiger partial charge in [-0.05, 0) is 31.0 Å². The molecule has 2 rings (SSSR count). The van der Waals surface area contributed by atoms with Crippen molar-refractivity contribution in [3.05, 3.63) is 18.2 Å². The lowest BCUT2D eigenvalue weighted by molar-refractivity contribution is 0.214. The highest BCUT2D eigenvalue weighted by atomic mass is 32.2. The molecule has 0 saturated heterocycles. The Bertz CT molecular complexity index is 608. The largest absolute Gasteiger partial charge is 0.397 e. The lowest BCUT2D eigenvalue weighted by Crippen LogP contribution is -2.39. The maximum Gasteiger partial charge on any atom is 0.242 e. The van der Waals surface area contributed by atoms with Crippen LogP contribution in [0.15, 0.2) is 23.1 Å². The predicted molar refractivity (Wildman–Crippen MR) is 83.6 cm³/mol. The van der Waals surface area contributed by atoms with Crippen LogP contribution in [0.3, 0.4) is 0 Å². The van der Waals surface area contributed by atoms with Gasteiger partial charge in [-0.3, -0.25) is 0 Å². The van der Waals surface area contributed by atoms with E-state index >= 15 is 0 Å². The highest BCUT2D eigenvalue weighted by Crippen LogP contribution is 2.35. The highest BCUT2D eigenvalue weighted by Gasteiger charge is 2.33. The van der Waals surface area contributed by atoms with Gasteiger partial charge in [0.1, 0.15) is 0 Å². The number of rotatable bonds is 5. The summed E-state index contributed by atoms with van der Waals surface area (Å²) in [6.45, 7) is 0.0110. The lowest BCUT2D eigenvalue weighted by atomic mass is 9.98. The molecule has 0 aromatic heterocycles. The Morgan fingerprint density at radius 1 is 1.33 bits per heavy atom. The highest BCUT2D eigenvalue weighted by molar-refractivity contribution is 7.89. The topological polar surface area (TPSA) is 95.7 Å². The number of aliphatic hydroxyl groups excluding tert-OH is 1. The van der Waals surface area contributed by atoms with Crippen LogP contribution in [-0.4, -0.2) is 44.1 Å². The maximum absolute atomic E-state index is 12.2. The zero-order valence-corrected chi connectivity index (χ0v) is 13.3. The molecule has 1 saturated carbocycles. The SMILES string of the molecule is CN(C)S(=O)(=O)c1ccc(N)c(NC2(CO)CCCC2)c1. The number of anilines is 2. The number of hydrogen-bond acceptors (Lipinski definition) is 5. The molecule has 0 bridgehead atoms. The van der Waals surface area contributed by atoms with E-state index in [9.17, 15) is 13.5 Å². The van der Waals surface area contributed by atoms with Gasteiger partial charge >= 0.3 is 0 Å². The van der Waals surface area contributed by atoms with Crippen molar-refractivity contribution in [2.45, 2.75) is 36.1 Å². The molecule has 1 aromatic rings. The molecule has 0 spiro atoms. The first-order chi connectivity index (χ1) is 9.81. The summed E-state index contributed by atoms with van der Waals surface area (Å²) < 4.78 is 25.5. The number of nitrogen functional groups attached to an aromatic ring is 1. The van der Waals surface area contributed by atoms with E-state index in [2.05, 4.69) is 5.32 Å². The molecule has 1 aliphatic carbocycles. The quantitative estimate of drug-likeness (QED) is 0.711. The number of benzene rings is 1. The average molecular weight is 313 g/mol. The Labute approximate surface area is 126 Å². The summed E-state index contributed by atoms with van der Waals surface area (Å²) in [5.41, 5.74) is 6.60. The molecule has 1 aromatic carbocycles. The molecular formula is C14H23N3O3S. The van der Waals surface area contributed by atoms with E-state index in [1.165, 1.54) is 24.5 Å². The van der Waals surface area contributed by atoms with Gasteiger partial charge in [0.25, 0.3) is 0 Å². The molecule has 0 heterocycles. The number of nitrogens with one attached hydrogen (secondary N) is 1. The molecule has 0 aliphatic heterocycles. The van der Waals surface area contributed by atoms with Crippen LogP contribution in [-0.2, 0) is 10.0 Å². The molecule has 0 atom stereocenters. The van der Waals surface area contributed by atoms with Crippen LogP contribution in [0.4, 0.5) is 11.4 Å². The monoisotopic (exact) mass is 313 g/mol. The van der Waals surface area contributed by atoms with E-state index in [-0.39, 0.29) is 11.5 Å². The minimum absolute atomic E-state index is 0.0110. The van der Waals surface area contributed by atoms with Gasteiger partial charge in [-0.15, -0.1) is 0 Å². The lowest BCUT2D eigenvalue weighted by Gasteiger charge is -2.30. The summed E-state index contributed by atoms with van der Waals surface area (Å²) in [6.07, 6.45) is 3.80. The Kier molecular flexibility index (Phi) is 4.46. The average Bonchev–Trinajstić information content (AvgIpc) is 2.90. The fraction of sp³-hybridized carbons (Fsp3) is 0.571. The van der Waals surface area contributed by atoms with Gasteiger partial charge in [-0.25, -0.2) is 12.7 Å². The van der Waals surface area contributed by atoms with Crippen molar-refractivity contribution in [3.63, 3.8) is 0 Å². The van der Waals surface area contributed by atoms with Crippen LogP contribution in [0.2, 0.25) is 0 Å². The van der Waals surface area contributed by atoms with Crippen molar-refractivity contribution in [2.75, 3.05) is 31.8 Å². The molecule has 4 N–H and O–H groups in total. The van der Waals surface area contributed by atoms with Crippen LogP contribution < -0.4 is 11.1 Å². The fourth-order valence-electron chi connectivity index (χ4n) is 2.68. The normalized spacial score (nSPS) is 18.1. The minimum Gasteiger partial charge on any atom is -0.397 e. The molecule has 1 fully saturated rings. The van der Waals surface area contributed by atoms with Crippen molar-refractivity contribution in [1.29, 1.82) is 0 Å². The van der Waals surface area contributed by atoms with Gasteiger partial charge in [0, 0.05) is 14.1 Å². The molecular weight excluding hydrogens is 290 g/mol. The number of sulfonamides is 1. The van der Waals surface area contributed by atoms with E-state index in [1.807, 2.05) is 0 Å². The number of hydrogen-bond donors (Lipinski definition) is 3. The van der Waals surface area contributed by atoms with Crippen molar-refractivity contribution in [1.82, 2.24) is 4.31 Å². The Morgan fingerprint density at radius 2 is 1.95 bits per heavy atom. The van der Waals surface area contributed by atoms with Crippen molar-refractivity contribution in [3.8, 4) is 0 Å². The maximum atomic E-state index is 12.2. The molecule has 0 amide bonds. The van der Waals surface area contributed by atoms with Crippen LogP contribution in [0.25, 0.3) is 0 Å². The van der Waals surface area contributed by atoms with Crippen LogP contribution in [0.5, 0.6) is 0 Å². The molecule has 118 valence electrons. The summed E-state index contributed by atoms with van der Waals surface area (Å²) in [5.74, 6) is 0. The van der Waals surface area contributed by atoms with Crippen LogP contribution in [0.1, 0.15) is 25.7 Å². The first-order valence-electron chi connectivity index (χ1n) is 7.02. The van der Waals surface area contributed by atoms with Crippen molar-refractivity contribution >= 4 is 21.4 Å². The second-order valence-corrected chi connectivity index (χ2v) is 7.96. The number of aliphatic hydroxyl groups is 1. The minimum atomic E-state index is -3.50. The van der Waals surface area contributed by atoms with Crippen LogP contribution >= 0.6 is 0 Å². The Morgan fingerprint density at radius 3 is 2.48 bits per heavy atom. The summed E-state index contributed by atoms with van der Waals surface area (Å²) in [7, 11) is -0.519. The van der Waals surface area contributed by atoms with Gasteiger partial charge in [0.15, 0.2) is 0 Å². The van der Waals surface area contributed by atoms with Crippen LogP contribution in [0, 0.1) is 0 Å². The van der Waals surface area contributed by atoms with E-state index in [4.69, 9.17) is 5.73 Å². The molecule has 0 unspecified atom stereocenters. The summed E-state index contributed by atoms with van der Waals surface area (Å²) in [5, 5.41) is 12.9. The van der Waals surface area contributed by atoms with E-state index in [0.717, 1.165) is 25.7 Å². The first kappa shape index (κ1) is 16.1. The second-order valence-electron chi connectivity index (χ2n) is 5.81. The van der Waals surface area contributed by atoms with Gasteiger partial charge in [-0.1, -0.05) is 12.8 Å². The van der Waals surface area contributed by atoms with Crippen molar-refractivity contribution < 1.29 is 13.5 Å². The van der Waals surface area contributed by atoms with Gasteiger partial charge < -0.3 is 16.2 Å². The zero-order valence-electron chi connectivity index (χ0n) is 12.5. The summed E-state index contributed by atoms with van der Waals surface area (Å²) in [6, 6.07) is 4.62. The Hall–Kier alpha value is -1.31. The molecule has 0 radical (unpaired) electrons. The zero-order chi connectivity index (χ0) is 15.7. The molecule has 7 heteroatoms. The predicted octanol–water partition coefficient (Wildman–Crippen LogP) is 1.24.